The van der Waals surface area contributed by atoms with Gasteiger partial charge in [0, 0.05) is 0 Å². The summed E-state index contributed by atoms with van der Waals surface area (Å²) in [7, 11) is -0.0235. The predicted octanol–water partition coefficient (Wildman–Crippen LogP) is 4.97. The minimum absolute atomic E-state index is 0. The van der Waals surface area contributed by atoms with Crippen molar-refractivity contribution in [2.75, 3.05) is 0 Å². The van der Waals surface area contributed by atoms with Crippen molar-refractivity contribution in [3.63, 3.8) is 0 Å². The van der Waals surface area contributed by atoms with Gasteiger partial charge in [-0.1, -0.05) is 42.3 Å². The average Bonchev–Trinajstić information content (AvgIpc) is 2.49. The third kappa shape index (κ3) is 5.52. The number of hydrogen-bond donors (Lipinski definition) is 0. The van der Waals surface area contributed by atoms with Gasteiger partial charge >= 0.3 is 18.9 Å². The van der Waals surface area contributed by atoms with Gasteiger partial charge in [-0.2, -0.15) is 0 Å². The SMILES string of the molecule is CCC(C)Oc1ccc(PC(=O)c2c(Cl)cccc2Cl)c(C)c1.[LiH]. The summed E-state index contributed by atoms with van der Waals surface area (Å²) in [4.78, 5) is 12.5. The molecule has 2 aromatic carbocycles. The Balaban J connectivity index is 0.00000288. The Hall–Kier alpha value is -0.483. The molecule has 124 valence electrons. The van der Waals surface area contributed by atoms with Gasteiger partial charge in [-0.05, 0) is 64.0 Å². The normalized spacial score (nSPS) is 12.0. The van der Waals surface area contributed by atoms with Crippen LogP contribution in [0.5, 0.6) is 5.75 Å². The van der Waals surface area contributed by atoms with Crippen molar-refractivity contribution in [1.29, 1.82) is 0 Å². The Labute approximate surface area is 167 Å². The molecule has 0 saturated heterocycles. The molecule has 0 N–H and O–H groups in total. The van der Waals surface area contributed by atoms with Crippen LogP contribution in [0.2, 0.25) is 10.0 Å². The zero-order chi connectivity index (χ0) is 17.0. The van der Waals surface area contributed by atoms with E-state index >= 15 is 0 Å². The van der Waals surface area contributed by atoms with Crippen LogP contribution in [0.25, 0.3) is 0 Å². The number of ether oxygens (including phenoxy) is 1. The molecule has 24 heavy (non-hydrogen) atoms. The molecule has 0 heterocycles. The molecule has 6 heteroatoms. The van der Waals surface area contributed by atoms with Gasteiger partial charge in [0.05, 0.1) is 21.7 Å². The molecule has 0 aliphatic heterocycles. The van der Waals surface area contributed by atoms with Crippen LogP contribution < -0.4 is 10.0 Å². The summed E-state index contributed by atoms with van der Waals surface area (Å²) >= 11 is 12.2. The summed E-state index contributed by atoms with van der Waals surface area (Å²) in [6.07, 6.45) is 1.12. The van der Waals surface area contributed by atoms with E-state index in [4.69, 9.17) is 27.9 Å². The van der Waals surface area contributed by atoms with Gasteiger partial charge in [0.1, 0.15) is 5.75 Å². The Morgan fingerprint density at radius 2 is 1.83 bits per heavy atom. The quantitative estimate of drug-likeness (QED) is 0.525. The van der Waals surface area contributed by atoms with E-state index in [0.29, 0.717) is 15.6 Å². The Kier molecular flexibility index (Phi) is 8.86. The number of aryl methyl sites for hydroxylation is 1. The zero-order valence-corrected chi connectivity index (χ0v) is 15.8. The van der Waals surface area contributed by atoms with Crippen molar-refractivity contribution in [1.82, 2.24) is 0 Å². The number of carbonyl (C=O) groups is 1. The van der Waals surface area contributed by atoms with E-state index in [1.165, 1.54) is 0 Å². The molecule has 0 amide bonds. The van der Waals surface area contributed by atoms with Gasteiger partial charge < -0.3 is 4.74 Å². The molecule has 2 unspecified atom stereocenters. The van der Waals surface area contributed by atoms with E-state index in [1.54, 1.807) is 18.2 Å². The first-order chi connectivity index (χ1) is 10.9. The fourth-order valence-electron chi connectivity index (χ4n) is 2.06. The summed E-state index contributed by atoms with van der Waals surface area (Å²) in [5.74, 6) is 0.827. The molecule has 0 aliphatic rings. The number of hydrogen-bond acceptors (Lipinski definition) is 2. The monoisotopic (exact) mass is 376 g/mol. The Morgan fingerprint density at radius 1 is 1.21 bits per heavy atom. The third-order valence-electron chi connectivity index (χ3n) is 3.55. The molecular formula is C18H20Cl2LiO2P. The molecule has 0 aliphatic carbocycles. The van der Waals surface area contributed by atoms with Crippen LogP contribution in [0.4, 0.5) is 0 Å². The van der Waals surface area contributed by atoms with Crippen LogP contribution >= 0.6 is 31.8 Å². The second kappa shape index (κ2) is 9.86. The van der Waals surface area contributed by atoms with Crippen LogP contribution in [0.15, 0.2) is 36.4 Å². The second-order valence-corrected chi connectivity index (χ2v) is 7.42. The van der Waals surface area contributed by atoms with Crippen molar-refractivity contribution >= 4 is 61.5 Å². The van der Waals surface area contributed by atoms with Gasteiger partial charge in [-0.15, -0.1) is 0 Å². The fraction of sp³-hybridized carbons (Fsp3) is 0.278. The number of carbonyl (C=O) groups excluding carboxylic acids is 1. The molecule has 0 spiro atoms. The third-order valence-corrected chi connectivity index (χ3v) is 5.49. The molecule has 0 radical (unpaired) electrons. The maximum atomic E-state index is 12.5. The van der Waals surface area contributed by atoms with E-state index in [9.17, 15) is 4.79 Å². The molecule has 0 bridgehead atoms. The molecule has 2 atom stereocenters. The first kappa shape index (κ1) is 21.6. The number of benzene rings is 2. The predicted molar refractivity (Wildman–Crippen MR) is 107 cm³/mol. The van der Waals surface area contributed by atoms with Crippen LogP contribution in [-0.4, -0.2) is 30.5 Å². The van der Waals surface area contributed by atoms with Crippen molar-refractivity contribution in [3.8, 4) is 5.75 Å². The molecule has 2 aromatic rings. The molecule has 2 nitrogen and oxygen atoms in total. The van der Waals surface area contributed by atoms with Crippen molar-refractivity contribution in [3.05, 3.63) is 57.6 Å². The van der Waals surface area contributed by atoms with Gasteiger partial charge in [0.25, 0.3) is 0 Å². The maximum absolute atomic E-state index is 12.5. The summed E-state index contributed by atoms with van der Waals surface area (Å²) in [6.45, 7) is 6.10. The van der Waals surface area contributed by atoms with E-state index in [1.807, 2.05) is 32.0 Å². The molecule has 0 saturated carbocycles. The summed E-state index contributed by atoms with van der Waals surface area (Å²) < 4.78 is 5.80. The Bertz CT molecular complexity index is 702. The summed E-state index contributed by atoms with van der Waals surface area (Å²) in [6, 6.07) is 10.9. The van der Waals surface area contributed by atoms with Crippen molar-refractivity contribution < 1.29 is 9.53 Å². The fourth-order valence-corrected chi connectivity index (χ4v) is 3.87. The average molecular weight is 377 g/mol. The van der Waals surface area contributed by atoms with Crippen LogP contribution in [0, 0.1) is 6.92 Å². The van der Waals surface area contributed by atoms with Gasteiger partial charge in [0.15, 0.2) is 5.52 Å². The molecular weight excluding hydrogens is 357 g/mol. The molecule has 0 aromatic heterocycles. The Morgan fingerprint density at radius 3 is 2.38 bits per heavy atom. The molecule has 2 rings (SSSR count). The van der Waals surface area contributed by atoms with Crippen molar-refractivity contribution in [2.24, 2.45) is 0 Å². The van der Waals surface area contributed by atoms with E-state index < -0.39 is 0 Å². The first-order valence-corrected chi connectivity index (χ1v) is 9.20. The van der Waals surface area contributed by atoms with E-state index in [0.717, 1.165) is 23.0 Å². The first-order valence-electron chi connectivity index (χ1n) is 7.45. The number of rotatable bonds is 6. The zero-order valence-electron chi connectivity index (χ0n) is 13.3. The van der Waals surface area contributed by atoms with Crippen LogP contribution in [-0.2, 0) is 0 Å². The van der Waals surface area contributed by atoms with Crippen LogP contribution in [0.3, 0.4) is 0 Å². The van der Waals surface area contributed by atoms with E-state index in [2.05, 4.69) is 6.92 Å². The van der Waals surface area contributed by atoms with Gasteiger partial charge in [-0.3, -0.25) is 4.79 Å². The standard InChI is InChI=1S/C18H19Cl2O2P.Li.H/c1-4-12(3)22-13-8-9-16(11(2)10-13)23-18(21)17-14(19)6-5-7-15(17)20;;/h5-10,12,23H,4H2,1-3H3;;. The van der Waals surface area contributed by atoms with Gasteiger partial charge in [-0.25, -0.2) is 0 Å². The second-order valence-electron chi connectivity index (χ2n) is 5.36. The number of halogens is 2. The van der Waals surface area contributed by atoms with E-state index in [-0.39, 0.29) is 39.1 Å². The van der Waals surface area contributed by atoms with Crippen molar-refractivity contribution in [2.45, 2.75) is 33.3 Å². The molecule has 0 fully saturated rings. The summed E-state index contributed by atoms with van der Waals surface area (Å²) in [5.41, 5.74) is 1.37. The van der Waals surface area contributed by atoms with Crippen LogP contribution in [0.1, 0.15) is 36.2 Å². The summed E-state index contributed by atoms with van der Waals surface area (Å²) in [5, 5.41) is 1.76. The topological polar surface area (TPSA) is 26.3 Å². The minimum atomic E-state index is -0.0562. The van der Waals surface area contributed by atoms with Gasteiger partial charge in [0.2, 0.25) is 0 Å².